The predicted octanol–water partition coefficient (Wildman–Crippen LogP) is 5.15. The molecule has 0 aliphatic carbocycles. The molecule has 0 saturated carbocycles. The van der Waals surface area contributed by atoms with Crippen LogP contribution in [0.4, 0.5) is 23.0 Å². The van der Waals surface area contributed by atoms with Crippen molar-refractivity contribution < 1.29 is 0 Å². The van der Waals surface area contributed by atoms with Crippen molar-refractivity contribution >= 4 is 46.2 Å². The second-order valence-electron chi connectivity index (χ2n) is 8.73. The molecule has 164 valence electrons. The first-order chi connectivity index (χ1) is 15.6. The van der Waals surface area contributed by atoms with Gasteiger partial charge in [-0.3, -0.25) is 0 Å². The summed E-state index contributed by atoms with van der Waals surface area (Å²) < 4.78 is 0. The van der Waals surface area contributed by atoms with Gasteiger partial charge >= 0.3 is 0 Å². The highest BCUT2D eigenvalue weighted by atomic mass is 35.5. The fourth-order valence-corrected chi connectivity index (χ4v) is 5.33. The summed E-state index contributed by atoms with van der Waals surface area (Å²) >= 11 is 11.9. The van der Waals surface area contributed by atoms with E-state index in [1.807, 2.05) is 36.4 Å². The molecule has 0 radical (unpaired) electrons. The zero-order valence-corrected chi connectivity index (χ0v) is 19.1. The maximum absolute atomic E-state index is 6.04. The van der Waals surface area contributed by atoms with Gasteiger partial charge in [0.25, 0.3) is 0 Å². The average molecular weight is 467 g/mol. The summed E-state index contributed by atoms with van der Waals surface area (Å²) in [5, 5.41) is 8.23. The van der Waals surface area contributed by atoms with Crippen molar-refractivity contribution in [1.82, 2.24) is 9.97 Å². The van der Waals surface area contributed by atoms with E-state index in [0.29, 0.717) is 17.2 Å². The van der Waals surface area contributed by atoms with E-state index in [4.69, 9.17) is 28.2 Å². The molecule has 4 bridgehead atoms. The molecule has 2 atom stereocenters. The van der Waals surface area contributed by atoms with Gasteiger partial charge in [0.15, 0.2) is 11.6 Å². The van der Waals surface area contributed by atoms with Crippen molar-refractivity contribution in [2.45, 2.75) is 24.9 Å². The molecular weight excluding hydrogens is 443 g/mol. The van der Waals surface area contributed by atoms with E-state index in [0.717, 1.165) is 54.1 Å². The molecule has 0 amide bonds. The SMILES string of the molecule is Clc1ccc2c(n1)N[C@H]1CCN2C1.Clc1cccc(-c2ccc3c(n2)N[C@H]2CCN3C2)c1. The van der Waals surface area contributed by atoms with Crippen molar-refractivity contribution in [3.63, 3.8) is 0 Å². The molecule has 1 aromatic carbocycles. The molecule has 32 heavy (non-hydrogen) atoms. The predicted molar refractivity (Wildman–Crippen MR) is 132 cm³/mol. The number of hydrogen-bond acceptors (Lipinski definition) is 6. The first-order valence-corrected chi connectivity index (χ1v) is 11.8. The smallest absolute Gasteiger partial charge is 0.151 e. The second-order valence-corrected chi connectivity index (χ2v) is 9.55. The van der Waals surface area contributed by atoms with Crippen LogP contribution in [0, 0.1) is 0 Å². The van der Waals surface area contributed by atoms with Gasteiger partial charge in [-0.1, -0.05) is 35.3 Å². The van der Waals surface area contributed by atoms with E-state index in [1.165, 1.54) is 24.2 Å². The Morgan fingerprint density at radius 3 is 2.12 bits per heavy atom. The van der Waals surface area contributed by atoms with Crippen molar-refractivity contribution in [2.24, 2.45) is 0 Å². The molecule has 2 N–H and O–H groups in total. The zero-order chi connectivity index (χ0) is 21.7. The van der Waals surface area contributed by atoms with E-state index in [1.54, 1.807) is 0 Å². The number of aromatic nitrogens is 2. The largest absolute Gasteiger partial charge is 0.366 e. The number of anilines is 4. The number of rotatable bonds is 1. The lowest BCUT2D eigenvalue weighted by Crippen LogP contribution is -2.32. The quantitative estimate of drug-likeness (QED) is 0.483. The number of halogens is 2. The van der Waals surface area contributed by atoms with E-state index in [9.17, 15) is 0 Å². The van der Waals surface area contributed by atoms with Crippen LogP contribution in [-0.2, 0) is 0 Å². The van der Waals surface area contributed by atoms with Gasteiger partial charge in [-0.2, -0.15) is 0 Å². The van der Waals surface area contributed by atoms with Crippen molar-refractivity contribution in [3.05, 3.63) is 58.7 Å². The summed E-state index contributed by atoms with van der Waals surface area (Å²) in [6.07, 6.45) is 2.40. The number of nitrogens with zero attached hydrogens (tertiary/aromatic N) is 4. The highest BCUT2D eigenvalue weighted by Crippen LogP contribution is 2.36. The van der Waals surface area contributed by atoms with Crippen molar-refractivity contribution in [1.29, 1.82) is 0 Å². The summed E-state index contributed by atoms with van der Waals surface area (Å²) in [5.74, 6) is 1.95. The Balaban J connectivity index is 0.000000131. The summed E-state index contributed by atoms with van der Waals surface area (Å²) in [7, 11) is 0. The third-order valence-corrected chi connectivity index (χ3v) is 7.02. The first kappa shape index (κ1) is 19.9. The van der Waals surface area contributed by atoms with E-state index >= 15 is 0 Å². The van der Waals surface area contributed by atoms with Crippen LogP contribution in [0.25, 0.3) is 11.3 Å². The standard InChI is InChI=1S/C15H14ClN3.C9H10ClN3/c16-11-3-1-2-10(8-11)13-4-5-14-15(18-13)17-12-6-7-19(14)9-12;10-8-2-1-7-9(12-8)11-6-3-4-13(7)5-6/h1-5,8,12H,6-7,9H2,(H,17,18);1-2,6H,3-5H2,(H,11,12)/t12-;6-/m00/s1. The Kier molecular flexibility index (Phi) is 5.00. The van der Waals surface area contributed by atoms with E-state index in [2.05, 4.69) is 37.6 Å². The molecule has 6 nitrogen and oxygen atoms in total. The Morgan fingerprint density at radius 2 is 1.44 bits per heavy atom. The number of benzene rings is 1. The maximum atomic E-state index is 6.04. The average Bonchev–Trinajstić information content (AvgIpc) is 3.37. The highest BCUT2D eigenvalue weighted by Gasteiger charge is 2.31. The Labute approximate surface area is 197 Å². The number of nitrogens with one attached hydrogen (secondary N) is 2. The Bertz CT molecular complexity index is 1170. The third-order valence-electron chi connectivity index (χ3n) is 6.57. The van der Waals surface area contributed by atoms with Crippen LogP contribution >= 0.6 is 23.2 Å². The van der Waals surface area contributed by atoms with Gasteiger partial charge in [-0.15, -0.1) is 0 Å². The lowest BCUT2D eigenvalue weighted by atomic mass is 10.1. The van der Waals surface area contributed by atoms with Gasteiger partial charge in [-0.25, -0.2) is 9.97 Å². The fourth-order valence-electron chi connectivity index (χ4n) is 4.99. The molecule has 2 saturated heterocycles. The van der Waals surface area contributed by atoms with E-state index < -0.39 is 0 Å². The number of fused-ring (bicyclic) bond motifs is 8. The van der Waals surface area contributed by atoms with Crippen LogP contribution in [-0.4, -0.2) is 48.2 Å². The van der Waals surface area contributed by atoms with Gasteiger partial charge in [0.2, 0.25) is 0 Å². The molecule has 4 aliphatic heterocycles. The second kappa shape index (κ2) is 8.01. The van der Waals surface area contributed by atoms with Crippen LogP contribution in [0.1, 0.15) is 12.8 Å². The lowest BCUT2D eigenvalue weighted by Gasteiger charge is -2.28. The van der Waals surface area contributed by atoms with Gasteiger partial charge in [0.05, 0.1) is 17.1 Å². The molecule has 2 aromatic heterocycles. The molecule has 0 spiro atoms. The topological polar surface area (TPSA) is 56.3 Å². The highest BCUT2D eigenvalue weighted by molar-refractivity contribution is 6.30. The van der Waals surface area contributed by atoms with Crippen molar-refractivity contribution in [3.8, 4) is 11.3 Å². The molecule has 8 heteroatoms. The van der Waals surface area contributed by atoms with Crippen LogP contribution in [0.5, 0.6) is 0 Å². The fraction of sp³-hybridized carbons (Fsp3) is 0.333. The van der Waals surface area contributed by atoms with Gasteiger partial charge in [-0.05, 0) is 49.2 Å². The minimum atomic E-state index is 0.551. The molecule has 3 aromatic rings. The minimum absolute atomic E-state index is 0.551. The van der Waals surface area contributed by atoms with Gasteiger partial charge in [0.1, 0.15) is 5.15 Å². The Hall–Kier alpha value is -2.70. The molecule has 7 rings (SSSR count). The minimum Gasteiger partial charge on any atom is -0.366 e. The van der Waals surface area contributed by atoms with Crippen LogP contribution in [0.3, 0.4) is 0 Å². The summed E-state index contributed by atoms with van der Waals surface area (Å²) in [4.78, 5) is 13.8. The zero-order valence-electron chi connectivity index (χ0n) is 17.6. The monoisotopic (exact) mass is 466 g/mol. The van der Waals surface area contributed by atoms with Crippen LogP contribution in [0.2, 0.25) is 10.2 Å². The summed E-state index contributed by atoms with van der Waals surface area (Å²) in [6.45, 7) is 4.47. The van der Waals surface area contributed by atoms with Crippen molar-refractivity contribution in [2.75, 3.05) is 46.6 Å². The van der Waals surface area contributed by atoms with Gasteiger partial charge in [0, 0.05) is 48.8 Å². The summed E-state index contributed by atoms with van der Waals surface area (Å²) in [6, 6.07) is 17.1. The maximum Gasteiger partial charge on any atom is 0.151 e. The first-order valence-electron chi connectivity index (χ1n) is 11.1. The number of hydrogen-bond donors (Lipinski definition) is 2. The molecule has 2 fully saturated rings. The van der Waals surface area contributed by atoms with E-state index in [-0.39, 0.29) is 0 Å². The lowest BCUT2D eigenvalue weighted by molar-refractivity contribution is 0.788. The Morgan fingerprint density at radius 1 is 0.781 bits per heavy atom. The normalized spacial score (nSPS) is 21.7. The number of pyridine rings is 2. The third kappa shape index (κ3) is 3.71. The molecule has 4 aliphatic rings. The summed E-state index contributed by atoms with van der Waals surface area (Å²) in [5.41, 5.74) is 4.44. The van der Waals surface area contributed by atoms with Crippen LogP contribution in [0.15, 0.2) is 48.5 Å². The molecular formula is C24H24Cl2N6. The molecule has 0 unspecified atom stereocenters. The van der Waals surface area contributed by atoms with Gasteiger partial charge < -0.3 is 20.4 Å². The molecule has 6 heterocycles. The van der Waals surface area contributed by atoms with Crippen LogP contribution < -0.4 is 20.4 Å².